The zero-order valence-corrected chi connectivity index (χ0v) is 8.93. The van der Waals surface area contributed by atoms with Gasteiger partial charge in [0, 0.05) is 5.56 Å². The number of carbonyl (C=O) groups is 3. The van der Waals surface area contributed by atoms with Crippen LogP contribution in [0.2, 0.25) is 5.15 Å². The van der Waals surface area contributed by atoms with Crippen molar-refractivity contribution < 1.29 is 24.6 Å². The highest BCUT2D eigenvalue weighted by atomic mass is 35.5. The summed E-state index contributed by atoms with van der Waals surface area (Å²) in [5, 5.41) is 17.5. The van der Waals surface area contributed by atoms with E-state index in [2.05, 4.69) is 4.98 Å². The molecule has 2 amide bonds. The molecular formula is C9H5ClN2O5. The third-order valence-corrected chi connectivity index (χ3v) is 2.51. The summed E-state index contributed by atoms with van der Waals surface area (Å²) >= 11 is 5.57. The van der Waals surface area contributed by atoms with Crippen molar-refractivity contribution in [1.29, 1.82) is 0 Å². The van der Waals surface area contributed by atoms with Gasteiger partial charge in [0.2, 0.25) is 0 Å². The van der Waals surface area contributed by atoms with Crippen LogP contribution in [0, 0.1) is 0 Å². The summed E-state index contributed by atoms with van der Waals surface area (Å²) in [6, 6.07) is 1.16. The van der Waals surface area contributed by atoms with Crippen LogP contribution >= 0.6 is 11.6 Å². The molecule has 88 valence electrons. The normalized spacial score (nSPS) is 13.7. The third kappa shape index (κ3) is 1.70. The van der Waals surface area contributed by atoms with Gasteiger partial charge in [0.25, 0.3) is 5.91 Å². The first kappa shape index (κ1) is 11.3. The number of imide groups is 1. The molecule has 0 unspecified atom stereocenters. The molecule has 1 aromatic rings. The summed E-state index contributed by atoms with van der Waals surface area (Å²) in [6.45, 7) is -0.324. The number of carbonyl (C=O) groups excluding carboxylic acids is 1. The molecule has 1 aromatic heterocycles. The molecule has 1 aliphatic heterocycles. The van der Waals surface area contributed by atoms with Crippen molar-refractivity contribution in [3.8, 4) is 0 Å². The molecule has 0 saturated carbocycles. The molecule has 1 aliphatic rings. The molecule has 0 atom stereocenters. The number of carboxylic acids is 1. The number of halogens is 1. The molecule has 0 aliphatic carbocycles. The second-order valence-corrected chi connectivity index (χ2v) is 3.69. The molecule has 2 rings (SSSR count). The molecule has 0 bridgehead atoms. The van der Waals surface area contributed by atoms with Gasteiger partial charge in [0.1, 0.15) is 5.15 Å². The van der Waals surface area contributed by atoms with Gasteiger partial charge >= 0.3 is 12.1 Å². The number of hydrogen-bond acceptors (Lipinski definition) is 4. The van der Waals surface area contributed by atoms with Crippen molar-refractivity contribution in [2.75, 3.05) is 0 Å². The first-order valence-electron chi connectivity index (χ1n) is 4.39. The van der Waals surface area contributed by atoms with E-state index in [4.69, 9.17) is 21.8 Å². The van der Waals surface area contributed by atoms with E-state index in [0.29, 0.717) is 4.90 Å². The van der Waals surface area contributed by atoms with Gasteiger partial charge in [-0.05, 0) is 6.07 Å². The lowest BCUT2D eigenvalue weighted by atomic mass is 10.1. The van der Waals surface area contributed by atoms with Crippen molar-refractivity contribution in [3.05, 3.63) is 28.0 Å². The minimum Gasteiger partial charge on any atom is -0.476 e. The van der Waals surface area contributed by atoms with Crippen molar-refractivity contribution in [2.24, 2.45) is 0 Å². The van der Waals surface area contributed by atoms with E-state index in [9.17, 15) is 14.4 Å². The minimum absolute atomic E-state index is 0.0372. The van der Waals surface area contributed by atoms with Crippen LogP contribution in [0.5, 0.6) is 0 Å². The van der Waals surface area contributed by atoms with Crippen LogP contribution < -0.4 is 0 Å². The topological polar surface area (TPSA) is 108 Å². The molecule has 0 radical (unpaired) electrons. The number of fused-ring (bicyclic) bond motifs is 1. The van der Waals surface area contributed by atoms with Crippen molar-refractivity contribution in [3.63, 3.8) is 0 Å². The van der Waals surface area contributed by atoms with E-state index < -0.39 is 23.7 Å². The van der Waals surface area contributed by atoms with Crippen molar-refractivity contribution in [2.45, 2.75) is 6.54 Å². The maximum absolute atomic E-state index is 11.6. The average molecular weight is 257 g/mol. The fourth-order valence-corrected chi connectivity index (χ4v) is 1.79. The number of pyridine rings is 1. The number of amides is 2. The molecule has 8 heteroatoms. The second kappa shape index (κ2) is 3.70. The molecule has 0 aromatic carbocycles. The third-order valence-electron chi connectivity index (χ3n) is 2.32. The number of rotatable bonds is 1. The molecular weight excluding hydrogens is 252 g/mol. The Morgan fingerprint density at radius 2 is 2.06 bits per heavy atom. The van der Waals surface area contributed by atoms with E-state index in [1.165, 1.54) is 0 Å². The maximum Gasteiger partial charge on any atom is 0.414 e. The zero-order chi connectivity index (χ0) is 12.7. The summed E-state index contributed by atoms with van der Waals surface area (Å²) < 4.78 is 0. The van der Waals surface area contributed by atoms with Crippen molar-refractivity contribution >= 4 is 29.6 Å². The van der Waals surface area contributed by atoms with E-state index in [0.717, 1.165) is 6.07 Å². The van der Waals surface area contributed by atoms with E-state index in [1.807, 2.05) is 0 Å². The van der Waals surface area contributed by atoms with Crippen LogP contribution in [-0.4, -0.2) is 38.1 Å². The van der Waals surface area contributed by atoms with Crippen LogP contribution in [-0.2, 0) is 6.54 Å². The van der Waals surface area contributed by atoms with E-state index >= 15 is 0 Å². The Labute approximate surface area is 99.2 Å². The summed E-state index contributed by atoms with van der Waals surface area (Å²) in [7, 11) is 0. The van der Waals surface area contributed by atoms with Gasteiger partial charge in [-0.15, -0.1) is 0 Å². The Morgan fingerprint density at radius 3 is 2.59 bits per heavy atom. The summed E-state index contributed by atoms with van der Waals surface area (Å²) in [4.78, 5) is 37.4. The monoisotopic (exact) mass is 256 g/mol. The predicted octanol–water partition coefficient (Wildman–Crippen LogP) is 1.07. The highest BCUT2D eigenvalue weighted by molar-refractivity contribution is 6.30. The minimum atomic E-state index is -1.45. The fourth-order valence-electron chi connectivity index (χ4n) is 1.60. The SMILES string of the molecule is O=C(O)c1nc(Cl)cc2c1CN(C(=O)O)C2=O. The quantitative estimate of drug-likeness (QED) is 0.728. The Balaban J connectivity index is 2.61. The van der Waals surface area contributed by atoms with Gasteiger partial charge in [-0.1, -0.05) is 11.6 Å². The van der Waals surface area contributed by atoms with Crippen molar-refractivity contribution in [1.82, 2.24) is 9.88 Å². The standard InChI is InChI=1S/C9H5ClN2O5/c10-5-1-3-4(6(11-5)8(14)15)2-12(7(3)13)9(16)17/h1H,2H2,(H,14,15)(H,16,17). The number of hydrogen-bond donors (Lipinski definition) is 2. The van der Waals surface area contributed by atoms with Crippen LogP contribution in [0.25, 0.3) is 0 Å². The van der Waals surface area contributed by atoms with Gasteiger partial charge in [-0.25, -0.2) is 19.5 Å². The van der Waals surface area contributed by atoms with Gasteiger partial charge in [-0.3, -0.25) is 4.79 Å². The first-order chi connectivity index (χ1) is 7.91. The summed E-state index contributed by atoms with van der Waals surface area (Å²) in [5.41, 5.74) is -0.372. The van der Waals surface area contributed by atoms with Crippen LogP contribution in [0.15, 0.2) is 6.07 Å². The maximum atomic E-state index is 11.6. The zero-order valence-electron chi connectivity index (χ0n) is 8.18. The Morgan fingerprint density at radius 1 is 1.41 bits per heavy atom. The van der Waals surface area contributed by atoms with Crippen LogP contribution in [0.1, 0.15) is 26.4 Å². The summed E-state index contributed by atoms with van der Waals surface area (Å²) in [5.74, 6) is -2.15. The Hall–Kier alpha value is -2.15. The van der Waals surface area contributed by atoms with Gasteiger partial charge in [0.05, 0.1) is 12.1 Å². The van der Waals surface area contributed by atoms with Gasteiger partial charge in [0.15, 0.2) is 5.69 Å². The van der Waals surface area contributed by atoms with Gasteiger partial charge in [-0.2, -0.15) is 0 Å². The lowest BCUT2D eigenvalue weighted by Gasteiger charge is -2.06. The van der Waals surface area contributed by atoms with E-state index in [1.54, 1.807) is 0 Å². The highest BCUT2D eigenvalue weighted by Gasteiger charge is 2.36. The summed E-state index contributed by atoms with van der Waals surface area (Å²) in [6.07, 6.45) is -1.45. The number of aromatic carboxylic acids is 1. The van der Waals surface area contributed by atoms with Gasteiger partial charge < -0.3 is 10.2 Å². The molecule has 2 N–H and O–H groups in total. The number of aromatic nitrogens is 1. The molecule has 17 heavy (non-hydrogen) atoms. The molecule has 7 nitrogen and oxygen atoms in total. The number of carboxylic acid groups (broad SMARTS) is 2. The predicted molar refractivity (Wildman–Crippen MR) is 54.1 cm³/mol. The first-order valence-corrected chi connectivity index (χ1v) is 4.77. The van der Waals surface area contributed by atoms with E-state index in [-0.39, 0.29) is 22.8 Å². The molecule has 2 heterocycles. The largest absolute Gasteiger partial charge is 0.476 e. The second-order valence-electron chi connectivity index (χ2n) is 3.30. The lowest BCUT2D eigenvalue weighted by Crippen LogP contribution is -2.29. The molecule has 0 fully saturated rings. The fraction of sp³-hybridized carbons (Fsp3) is 0.111. The number of nitrogens with zero attached hydrogens (tertiary/aromatic N) is 2. The highest BCUT2D eigenvalue weighted by Crippen LogP contribution is 2.27. The average Bonchev–Trinajstić information content (AvgIpc) is 2.55. The lowest BCUT2D eigenvalue weighted by molar-refractivity contribution is 0.0683. The molecule has 0 saturated heterocycles. The van der Waals surface area contributed by atoms with Crippen LogP contribution in [0.3, 0.4) is 0 Å². The Kier molecular flexibility index (Phi) is 2.47. The smallest absolute Gasteiger partial charge is 0.414 e. The van der Waals surface area contributed by atoms with Crippen LogP contribution in [0.4, 0.5) is 4.79 Å². The molecule has 0 spiro atoms. The Bertz CT molecular complexity index is 557.